The summed E-state index contributed by atoms with van der Waals surface area (Å²) in [5, 5.41) is 28.7. The average molecular weight is 531 g/mol. The molecule has 4 aliphatic carbocycles. The number of nitrogens with zero attached hydrogens (tertiary/aromatic N) is 2. The van der Waals surface area contributed by atoms with Crippen LogP contribution >= 0.6 is 0 Å². The molecule has 6 rings (SSSR count). The van der Waals surface area contributed by atoms with Gasteiger partial charge in [-0.15, -0.1) is 0 Å². The number of aliphatic hydroxyl groups is 2. The Morgan fingerprint density at radius 2 is 1.82 bits per heavy atom. The number of fused-ring (bicyclic) bond motifs is 6. The van der Waals surface area contributed by atoms with E-state index in [0.717, 1.165) is 24.2 Å². The number of ketones is 1. The van der Waals surface area contributed by atoms with Crippen LogP contribution in [-0.2, 0) is 11.2 Å². The maximum Gasteiger partial charge on any atom is 0.164 e. The monoisotopic (exact) mass is 530 g/mol. The Morgan fingerprint density at radius 3 is 2.46 bits per heavy atom. The van der Waals surface area contributed by atoms with Crippen molar-refractivity contribution < 1.29 is 15.0 Å². The van der Waals surface area contributed by atoms with E-state index in [1.807, 2.05) is 38.6 Å². The Hall–Kier alpha value is -2.50. The maximum absolute atomic E-state index is 13.2. The zero-order valence-electron chi connectivity index (χ0n) is 25.0. The smallest absolute Gasteiger partial charge is 0.164 e. The fourth-order valence-corrected chi connectivity index (χ4v) is 9.00. The minimum absolute atomic E-state index is 0.0678. The predicted molar refractivity (Wildman–Crippen MR) is 156 cm³/mol. The largest absolute Gasteiger partial charge is 0.392 e. The molecule has 0 aliphatic heterocycles. The highest BCUT2D eigenvalue weighted by Crippen LogP contribution is 2.72. The van der Waals surface area contributed by atoms with Crippen LogP contribution in [0.2, 0.25) is 0 Å². The number of aromatic nitrogens is 2. The van der Waals surface area contributed by atoms with Gasteiger partial charge in [-0.25, -0.2) is 4.68 Å². The highest BCUT2D eigenvalue weighted by molar-refractivity contribution is 5.88. The molecule has 39 heavy (non-hydrogen) atoms. The first-order chi connectivity index (χ1) is 18.4. The lowest BCUT2D eigenvalue weighted by Crippen LogP contribution is -2.66. The van der Waals surface area contributed by atoms with E-state index in [-0.39, 0.29) is 29.0 Å². The first-order valence-corrected chi connectivity index (χ1v) is 14.9. The van der Waals surface area contributed by atoms with E-state index in [4.69, 9.17) is 5.10 Å². The van der Waals surface area contributed by atoms with Crippen LogP contribution in [0, 0.1) is 40.9 Å². The predicted octanol–water partition coefficient (Wildman–Crippen LogP) is 6.48. The van der Waals surface area contributed by atoms with Crippen LogP contribution in [0.25, 0.3) is 11.8 Å². The third-order valence-electron chi connectivity index (χ3n) is 11.5. The van der Waals surface area contributed by atoms with Gasteiger partial charge in [-0.3, -0.25) is 4.79 Å². The molecule has 0 radical (unpaired) electrons. The van der Waals surface area contributed by atoms with Crippen molar-refractivity contribution in [2.45, 2.75) is 92.8 Å². The van der Waals surface area contributed by atoms with Crippen molar-refractivity contribution in [2.24, 2.45) is 34.0 Å². The van der Waals surface area contributed by atoms with Gasteiger partial charge in [0.25, 0.3) is 0 Å². The molecule has 0 saturated heterocycles. The molecule has 1 aromatic heterocycles. The van der Waals surface area contributed by atoms with E-state index in [2.05, 4.69) is 70.2 Å². The van der Waals surface area contributed by atoms with Gasteiger partial charge in [-0.05, 0) is 73.3 Å². The second kappa shape index (κ2) is 9.27. The molecule has 2 N–H and O–H groups in total. The van der Waals surface area contributed by atoms with Gasteiger partial charge < -0.3 is 10.2 Å². The molecule has 2 fully saturated rings. The van der Waals surface area contributed by atoms with Crippen molar-refractivity contribution in [2.75, 3.05) is 0 Å². The molecule has 0 bridgehead atoms. The molecule has 5 unspecified atom stereocenters. The number of hydrogen-bond acceptors (Lipinski definition) is 4. The van der Waals surface area contributed by atoms with Crippen molar-refractivity contribution in [3.8, 4) is 5.69 Å². The van der Waals surface area contributed by atoms with E-state index in [9.17, 15) is 15.0 Å². The number of allylic oxidation sites excluding steroid dienone is 3. The summed E-state index contributed by atoms with van der Waals surface area (Å²) in [6.07, 6.45) is 10.5. The quantitative estimate of drug-likeness (QED) is 0.476. The van der Waals surface area contributed by atoms with Gasteiger partial charge in [-0.1, -0.05) is 78.3 Å². The third kappa shape index (κ3) is 3.45. The molecule has 1 heterocycles. The number of Topliss-reactive ketones (excluding diaryl/α,β-unsaturated/α-hetero) is 1. The molecule has 4 aliphatic rings. The zero-order chi connectivity index (χ0) is 28.5. The molecule has 5 heteroatoms. The summed E-state index contributed by atoms with van der Waals surface area (Å²) in [6, 6.07) is 8.43. The van der Waals surface area contributed by atoms with Gasteiger partial charge in [0.1, 0.15) is 5.60 Å². The Bertz CT molecular complexity index is 1340. The van der Waals surface area contributed by atoms with Gasteiger partial charge in [0.2, 0.25) is 0 Å². The molecule has 8 atom stereocenters. The van der Waals surface area contributed by atoms with Gasteiger partial charge in [0.05, 0.1) is 23.7 Å². The fraction of sp³-hybridized carbons (Fsp3) is 0.588. The summed E-state index contributed by atoms with van der Waals surface area (Å²) in [5.41, 5.74) is 3.02. The molecule has 5 nitrogen and oxygen atoms in total. The first kappa shape index (κ1) is 28.0. The maximum atomic E-state index is 13.2. The number of hydrogen-bond donors (Lipinski definition) is 2. The number of aryl methyl sites for hydroxylation is 1. The molecule has 1 aromatic carbocycles. The minimum atomic E-state index is -1.39. The van der Waals surface area contributed by atoms with E-state index in [1.54, 1.807) is 0 Å². The number of carbonyl (C=O) groups is 1. The van der Waals surface area contributed by atoms with Crippen molar-refractivity contribution in [1.29, 1.82) is 0 Å². The van der Waals surface area contributed by atoms with Crippen LogP contribution in [0.15, 0.2) is 48.2 Å². The summed E-state index contributed by atoms with van der Waals surface area (Å²) >= 11 is 0. The summed E-state index contributed by atoms with van der Waals surface area (Å²) in [4.78, 5) is 13.2. The Labute approximate surface area is 234 Å². The number of aliphatic hydroxyl groups excluding tert-OH is 1. The zero-order valence-corrected chi connectivity index (χ0v) is 25.0. The molecular weight excluding hydrogens is 484 g/mol. The van der Waals surface area contributed by atoms with Crippen LogP contribution in [0.5, 0.6) is 0 Å². The van der Waals surface area contributed by atoms with E-state index in [1.165, 1.54) is 16.7 Å². The molecule has 2 aromatic rings. The van der Waals surface area contributed by atoms with Gasteiger partial charge >= 0.3 is 0 Å². The van der Waals surface area contributed by atoms with E-state index < -0.39 is 22.5 Å². The summed E-state index contributed by atoms with van der Waals surface area (Å²) in [7, 11) is 0. The lowest BCUT2D eigenvalue weighted by Gasteiger charge is -2.64. The summed E-state index contributed by atoms with van der Waals surface area (Å²) < 4.78 is 2.02. The van der Waals surface area contributed by atoms with Crippen LogP contribution in [0.3, 0.4) is 0 Å². The first-order valence-electron chi connectivity index (χ1n) is 14.9. The fourth-order valence-electron chi connectivity index (χ4n) is 9.00. The Balaban J connectivity index is 0.00000151. The van der Waals surface area contributed by atoms with Gasteiger partial charge in [0, 0.05) is 22.7 Å². The van der Waals surface area contributed by atoms with Crippen LogP contribution in [0.1, 0.15) is 84.5 Å². The van der Waals surface area contributed by atoms with Crippen molar-refractivity contribution in [3.63, 3.8) is 0 Å². The Kier molecular flexibility index (Phi) is 6.67. The number of carbonyl (C=O) groups excluding carboxylic acids is 1. The minimum Gasteiger partial charge on any atom is -0.392 e. The average Bonchev–Trinajstić information content (AvgIpc) is 3.41. The van der Waals surface area contributed by atoms with E-state index >= 15 is 0 Å². The second-order valence-corrected chi connectivity index (χ2v) is 13.0. The third-order valence-corrected chi connectivity index (χ3v) is 11.5. The van der Waals surface area contributed by atoms with Crippen LogP contribution < -0.4 is 0 Å². The standard InChI is InChI=1S/C32H40N2O3.C2H6/c1-7-27(35)32(37)20(3)14-25-24-13-10-22-15-26-21(18-33-34(26)23-11-8-19(2)9-12-23)16-29(22,4)31(24,6)28(36)17-30(25,32)5;1-2/h8-13,15,18,20,24-25,28,36-37H,7,14,16-17H2,1-6H3;1-2H3/t20-,24?,25?,28?,29?,30?,31-,32+;/m1./s1. The second-order valence-electron chi connectivity index (χ2n) is 13.0. The number of rotatable bonds is 3. The van der Waals surface area contributed by atoms with Crippen LogP contribution in [-0.4, -0.2) is 37.5 Å². The van der Waals surface area contributed by atoms with Gasteiger partial charge in [0.15, 0.2) is 5.78 Å². The molecule has 2 saturated carbocycles. The SMILES string of the molecule is CC.CCC(=O)[C@@]1(O)[C@H](C)CC2C3C=CC4=Cc5c(cnn5-c5ccc(C)cc5)CC4(C)[C@@]3(C)C(O)CC21C. The van der Waals surface area contributed by atoms with Crippen molar-refractivity contribution >= 4 is 11.9 Å². The highest BCUT2D eigenvalue weighted by Gasteiger charge is 2.73. The molecule has 0 spiro atoms. The Morgan fingerprint density at radius 1 is 1.15 bits per heavy atom. The highest BCUT2D eigenvalue weighted by atomic mass is 16.3. The number of benzene rings is 1. The molecule has 210 valence electrons. The summed E-state index contributed by atoms with van der Waals surface area (Å²) in [6.45, 7) is 16.6. The molecular formula is C34H46N2O3. The van der Waals surface area contributed by atoms with E-state index in [0.29, 0.717) is 12.8 Å². The van der Waals surface area contributed by atoms with Crippen molar-refractivity contribution in [3.05, 3.63) is 65.0 Å². The lowest BCUT2D eigenvalue weighted by molar-refractivity contribution is -0.199. The topological polar surface area (TPSA) is 75.3 Å². The normalized spacial score (nSPS) is 39.9. The summed E-state index contributed by atoms with van der Waals surface area (Å²) in [5.74, 6) is -0.0208. The van der Waals surface area contributed by atoms with Crippen molar-refractivity contribution in [1.82, 2.24) is 9.78 Å². The molecule has 0 amide bonds. The van der Waals surface area contributed by atoms with Crippen LogP contribution in [0.4, 0.5) is 0 Å². The van der Waals surface area contributed by atoms with Gasteiger partial charge in [-0.2, -0.15) is 5.10 Å². The lowest BCUT2D eigenvalue weighted by atomic mass is 9.40.